The molecule has 0 amide bonds. The van der Waals surface area contributed by atoms with E-state index < -0.39 is 0 Å². The highest BCUT2D eigenvalue weighted by Crippen LogP contribution is 2.29. The van der Waals surface area contributed by atoms with Gasteiger partial charge in [0.1, 0.15) is 0 Å². The Bertz CT molecular complexity index is 531. The summed E-state index contributed by atoms with van der Waals surface area (Å²) in [4.78, 5) is 4.02. The molecule has 0 fully saturated rings. The largest absolute Gasteiger partial charge is 0.264 e. The van der Waals surface area contributed by atoms with E-state index in [2.05, 4.69) is 37.0 Å². The number of rotatable bonds is 5. The van der Waals surface area contributed by atoms with E-state index in [0.29, 0.717) is 0 Å². The van der Waals surface area contributed by atoms with Gasteiger partial charge in [0, 0.05) is 5.56 Å². The molecule has 0 bridgehead atoms. The summed E-state index contributed by atoms with van der Waals surface area (Å²) in [7, 11) is 0. The Labute approximate surface area is 110 Å². The molecule has 0 radical (unpaired) electrons. The van der Waals surface area contributed by atoms with E-state index in [9.17, 15) is 0 Å². The molecule has 1 nitrogen and oxygen atoms in total. The normalized spacial score (nSPS) is 11.6. The van der Waals surface area contributed by atoms with Crippen molar-refractivity contribution in [3.05, 3.63) is 66.8 Å². The van der Waals surface area contributed by atoms with E-state index in [1.165, 1.54) is 0 Å². The van der Waals surface area contributed by atoms with Crippen molar-refractivity contribution in [1.82, 2.24) is 0 Å². The molecule has 0 aromatic heterocycles. The zero-order valence-electron chi connectivity index (χ0n) is 11.1. The van der Waals surface area contributed by atoms with Gasteiger partial charge in [0.05, 0.1) is 5.69 Å². The Hall–Kier alpha value is -2.15. The van der Waals surface area contributed by atoms with Gasteiger partial charge in [-0.1, -0.05) is 43.5 Å². The summed E-state index contributed by atoms with van der Waals surface area (Å²) < 4.78 is 0. The number of hydrogen-bond donors (Lipinski definition) is 0. The second-order valence-electron chi connectivity index (χ2n) is 4.03. The minimum atomic E-state index is 0.865. The first-order valence-electron chi connectivity index (χ1n) is 5.86. The van der Waals surface area contributed by atoms with Crippen molar-refractivity contribution in [1.29, 1.82) is 0 Å². The van der Waals surface area contributed by atoms with Crippen LogP contribution in [-0.2, 0) is 0 Å². The fourth-order valence-corrected chi connectivity index (χ4v) is 1.75. The second-order valence-corrected chi connectivity index (χ2v) is 4.03. The molecule has 0 aliphatic heterocycles. The average molecular weight is 237 g/mol. The van der Waals surface area contributed by atoms with Gasteiger partial charge in [0.25, 0.3) is 0 Å². The summed E-state index contributed by atoms with van der Waals surface area (Å²) >= 11 is 0. The molecule has 0 unspecified atom stereocenters. The SMILES string of the molecule is C=C/C=C(\C=C/C)c1ccc(N=C)c(C(=C)C)c1. The Morgan fingerprint density at radius 1 is 1.33 bits per heavy atom. The molecular formula is C17H19N. The van der Waals surface area contributed by atoms with Gasteiger partial charge < -0.3 is 0 Å². The molecule has 0 aliphatic rings. The first-order chi connectivity index (χ1) is 8.63. The minimum absolute atomic E-state index is 0.865. The van der Waals surface area contributed by atoms with Gasteiger partial charge in [-0.25, -0.2) is 0 Å². The van der Waals surface area contributed by atoms with Crippen LogP contribution in [0, 0.1) is 0 Å². The average Bonchev–Trinajstić information content (AvgIpc) is 2.37. The fraction of sp³-hybridized carbons (Fsp3) is 0.118. The monoisotopic (exact) mass is 237 g/mol. The minimum Gasteiger partial charge on any atom is -0.264 e. The Morgan fingerprint density at radius 2 is 2.06 bits per heavy atom. The number of benzene rings is 1. The second kappa shape index (κ2) is 6.55. The zero-order chi connectivity index (χ0) is 13.5. The Balaban J connectivity index is 3.38. The molecule has 1 rings (SSSR count). The van der Waals surface area contributed by atoms with Crippen molar-refractivity contribution >= 4 is 23.6 Å². The molecule has 0 spiro atoms. The van der Waals surface area contributed by atoms with Crippen LogP contribution in [0.15, 0.2) is 60.7 Å². The van der Waals surface area contributed by atoms with Crippen LogP contribution in [0.5, 0.6) is 0 Å². The van der Waals surface area contributed by atoms with Crippen molar-refractivity contribution < 1.29 is 0 Å². The van der Waals surface area contributed by atoms with Crippen molar-refractivity contribution in [2.24, 2.45) is 4.99 Å². The lowest BCUT2D eigenvalue weighted by atomic mass is 9.98. The Morgan fingerprint density at radius 3 is 2.56 bits per heavy atom. The van der Waals surface area contributed by atoms with Gasteiger partial charge in [-0.3, -0.25) is 4.99 Å². The van der Waals surface area contributed by atoms with Gasteiger partial charge in [-0.05, 0) is 49.4 Å². The quantitative estimate of drug-likeness (QED) is 0.493. The van der Waals surface area contributed by atoms with E-state index in [4.69, 9.17) is 0 Å². The van der Waals surface area contributed by atoms with Crippen molar-refractivity contribution in [2.75, 3.05) is 0 Å². The molecule has 0 saturated heterocycles. The predicted octanol–water partition coefficient (Wildman–Crippen LogP) is 5.20. The smallest absolute Gasteiger partial charge is 0.0697 e. The number of allylic oxidation sites excluding steroid dienone is 6. The fourth-order valence-electron chi connectivity index (χ4n) is 1.75. The summed E-state index contributed by atoms with van der Waals surface area (Å²) in [5.74, 6) is 0. The first-order valence-corrected chi connectivity index (χ1v) is 5.86. The maximum Gasteiger partial charge on any atom is 0.0697 e. The van der Waals surface area contributed by atoms with Crippen LogP contribution in [0.3, 0.4) is 0 Å². The Kier molecular flexibility index (Phi) is 5.06. The topological polar surface area (TPSA) is 12.4 Å². The lowest BCUT2D eigenvalue weighted by Crippen LogP contribution is -1.86. The van der Waals surface area contributed by atoms with Gasteiger partial charge in [0.15, 0.2) is 0 Å². The first kappa shape index (κ1) is 13.9. The molecule has 0 heterocycles. The molecule has 0 N–H and O–H groups in total. The molecule has 92 valence electrons. The van der Waals surface area contributed by atoms with Gasteiger partial charge in [-0.15, -0.1) is 0 Å². The summed E-state index contributed by atoms with van der Waals surface area (Å²) in [6.45, 7) is 15.3. The third-order valence-electron chi connectivity index (χ3n) is 2.60. The predicted molar refractivity (Wildman–Crippen MR) is 83.3 cm³/mol. The highest BCUT2D eigenvalue weighted by atomic mass is 14.7. The van der Waals surface area contributed by atoms with E-state index in [0.717, 1.165) is 28.0 Å². The summed E-state index contributed by atoms with van der Waals surface area (Å²) in [6, 6.07) is 6.08. The maximum absolute atomic E-state index is 4.02. The standard InChI is InChI=1S/C17H19N/c1-6-8-14(9-7-2)15-10-11-17(18-5)16(12-15)13(3)4/h6-12H,1,3,5H2,2,4H3/b9-7-,14-8+. The van der Waals surface area contributed by atoms with Crippen molar-refractivity contribution in [3.63, 3.8) is 0 Å². The molecule has 1 aromatic rings. The van der Waals surface area contributed by atoms with Crippen LogP contribution < -0.4 is 0 Å². The third kappa shape index (κ3) is 3.17. The number of hydrogen-bond acceptors (Lipinski definition) is 1. The van der Waals surface area contributed by atoms with Gasteiger partial charge in [-0.2, -0.15) is 0 Å². The molecule has 1 aromatic carbocycles. The van der Waals surface area contributed by atoms with Crippen LogP contribution in [0.2, 0.25) is 0 Å². The summed E-state index contributed by atoms with van der Waals surface area (Å²) in [5, 5.41) is 0. The van der Waals surface area contributed by atoms with E-state index in [-0.39, 0.29) is 0 Å². The van der Waals surface area contributed by atoms with E-state index >= 15 is 0 Å². The lowest BCUT2D eigenvalue weighted by molar-refractivity contribution is 1.46. The van der Waals surface area contributed by atoms with Crippen LogP contribution in [-0.4, -0.2) is 6.72 Å². The molecule has 0 atom stereocenters. The van der Waals surface area contributed by atoms with Crippen molar-refractivity contribution in [3.8, 4) is 0 Å². The van der Waals surface area contributed by atoms with Crippen LogP contribution >= 0.6 is 0 Å². The highest BCUT2D eigenvalue weighted by molar-refractivity contribution is 5.81. The van der Waals surface area contributed by atoms with Crippen LogP contribution in [0.1, 0.15) is 25.0 Å². The number of aliphatic imine (C=N–C) groups is 1. The van der Waals surface area contributed by atoms with Crippen LogP contribution in [0.25, 0.3) is 11.1 Å². The maximum atomic E-state index is 4.02. The van der Waals surface area contributed by atoms with Crippen molar-refractivity contribution in [2.45, 2.75) is 13.8 Å². The molecule has 0 aliphatic carbocycles. The molecule has 1 heteroatoms. The third-order valence-corrected chi connectivity index (χ3v) is 2.60. The van der Waals surface area contributed by atoms with E-state index in [1.54, 1.807) is 6.08 Å². The molecule has 0 saturated carbocycles. The summed E-state index contributed by atoms with van der Waals surface area (Å²) in [5.41, 5.74) is 5.12. The summed E-state index contributed by atoms with van der Waals surface area (Å²) in [6.07, 6.45) is 7.84. The van der Waals surface area contributed by atoms with Gasteiger partial charge in [0.2, 0.25) is 0 Å². The lowest BCUT2D eigenvalue weighted by Gasteiger charge is -2.09. The highest BCUT2D eigenvalue weighted by Gasteiger charge is 2.05. The van der Waals surface area contributed by atoms with Gasteiger partial charge >= 0.3 is 0 Å². The number of nitrogens with zero attached hydrogens (tertiary/aromatic N) is 1. The molecule has 18 heavy (non-hydrogen) atoms. The van der Waals surface area contributed by atoms with Crippen LogP contribution in [0.4, 0.5) is 5.69 Å². The zero-order valence-corrected chi connectivity index (χ0v) is 11.1. The molecular weight excluding hydrogens is 218 g/mol. The van der Waals surface area contributed by atoms with E-state index in [1.807, 2.05) is 38.1 Å².